The molecule has 17 heavy (non-hydrogen) atoms. The lowest BCUT2D eigenvalue weighted by atomic mass is 10.1. The molecule has 1 aromatic carbocycles. The maximum absolute atomic E-state index is 11.5. The summed E-state index contributed by atoms with van der Waals surface area (Å²) in [5.41, 5.74) is 7.35. The minimum Gasteiger partial charge on any atom is -0.494 e. The summed E-state index contributed by atoms with van der Waals surface area (Å²) < 4.78 is 5.44. The van der Waals surface area contributed by atoms with Gasteiger partial charge in [0, 0.05) is 13.1 Å². The van der Waals surface area contributed by atoms with Crippen molar-refractivity contribution in [3.8, 4) is 5.75 Å². The Hall–Kier alpha value is -1.55. The molecule has 0 aliphatic rings. The highest BCUT2D eigenvalue weighted by Gasteiger charge is 2.05. The lowest BCUT2D eigenvalue weighted by Gasteiger charge is -2.09. The van der Waals surface area contributed by atoms with E-state index >= 15 is 0 Å². The van der Waals surface area contributed by atoms with Crippen LogP contribution in [0, 0.1) is 6.92 Å². The number of nitrogens with one attached hydrogen (secondary N) is 1. The van der Waals surface area contributed by atoms with Crippen molar-refractivity contribution in [2.24, 2.45) is 5.73 Å². The first-order valence-electron chi connectivity index (χ1n) is 5.86. The molecule has 4 nitrogen and oxygen atoms in total. The zero-order valence-electron chi connectivity index (χ0n) is 10.5. The van der Waals surface area contributed by atoms with Gasteiger partial charge in [0.15, 0.2) is 0 Å². The standard InChI is InChI=1S/C13H20N2O2/c1-3-17-12-5-4-11(8-10(12)2)9-13(16)15-7-6-14/h4-5,8H,3,6-7,9,14H2,1-2H3,(H,15,16). The van der Waals surface area contributed by atoms with Gasteiger partial charge >= 0.3 is 0 Å². The first kappa shape index (κ1) is 13.5. The van der Waals surface area contributed by atoms with E-state index in [2.05, 4.69) is 5.32 Å². The van der Waals surface area contributed by atoms with Gasteiger partial charge in [-0.25, -0.2) is 0 Å². The number of nitrogens with two attached hydrogens (primary N) is 1. The maximum Gasteiger partial charge on any atom is 0.224 e. The van der Waals surface area contributed by atoms with Crippen LogP contribution >= 0.6 is 0 Å². The second-order valence-corrected chi connectivity index (χ2v) is 3.85. The van der Waals surface area contributed by atoms with Crippen molar-refractivity contribution >= 4 is 5.91 Å². The molecular formula is C13H20N2O2. The van der Waals surface area contributed by atoms with E-state index in [1.165, 1.54) is 0 Å². The van der Waals surface area contributed by atoms with Gasteiger partial charge in [-0.05, 0) is 31.0 Å². The van der Waals surface area contributed by atoms with Crippen LogP contribution in [0.5, 0.6) is 5.75 Å². The third-order valence-electron chi connectivity index (χ3n) is 2.37. The van der Waals surface area contributed by atoms with Crippen molar-refractivity contribution in [2.75, 3.05) is 19.7 Å². The topological polar surface area (TPSA) is 64.3 Å². The fourth-order valence-electron chi connectivity index (χ4n) is 1.60. The van der Waals surface area contributed by atoms with Gasteiger partial charge in [-0.1, -0.05) is 12.1 Å². The number of carbonyl (C=O) groups is 1. The Morgan fingerprint density at radius 2 is 2.24 bits per heavy atom. The van der Waals surface area contributed by atoms with Crippen molar-refractivity contribution in [3.05, 3.63) is 29.3 Å². The Kier molecular flexibility index (Phi) is 5.49. The van der Waals surface area contributed by atoms with Crippen LogP contribution in [0.4, 0.5) is 0 Å². The monoisotopic (exact) mass is 236 g/mol. The van der Waals surface area contributed by atoms with E-state index in [-0.39, 0.29) is 5.91 Å². The molecule has 0 aliphatic heterocycles. The van der Waals surface area contributed by atoms with Gasteiger partial charge in [-0.2, -0.15) is 0 Å². The normalized spacial score (nSPS) is 10.1. The number of hydrogen-bond acceptors (Lipinski definition) is 3. The van der Waals surface area contributed by atoms with Gasteiger partial charge in [0.05, 0.1) is 13.0 Å². The number of hydrogen-bond donors (Lipinski definition) is 2. The van der Waals surface area contributed by atoms with Crippen molar-refractivity contribution in [1.82, 2.24) is 5.32 Å². The predicted molar refractivity (Wildman–Crippen MR) is 68.1 cm³/mol. The van der Waals surface area contributed by atoms with Crippen molar-refractivity contribution in [3.63, 3.8) is 0 Å². The lowest BCUT2D eigenvalue weighted by molar-refractivity contribution is -0.120. The second-order valence-electron chi connectivity index (χ2n) is 3.85. The van der Waals surface area contributed by atoms with Gasteiger partial charge < -0.3 is 15.8 Å². The molecule has 94 valence electrons. The van der Waals surface area contributed by atoms with E-state index in [0.717, 1.165) is 16.9 Å². The van der Waals surface area contributed by atoms with Crippen molar-refractivity contribution in [2.45, 2.75) is 20.3 Å². The zero-order valence-corrected chi connectivity index (χ0v) is 10.5. The fraction of sp³-hybridized carbons (Fsp3) is 0.462. The molecule has 0 bridgehead atoms. The average molecular weight is 236 g/mol. The second kappa shape index (κ2) is 6.91. The van der Waals surface area contributed by atoms with Crippen LogP contribution in [0.15, 0.2) is 18.2 Å². The third-order valence-corrected chi connectivity index (χ3v) is 2.37. The SMILES string of the molecule is CCOc1ccc(CC(=O)NCCN)cc1C. The molecule has 0 unspecified atom stereocenters. The average Bonchev–Trinajstić information content (AvgIpc) is 2.30. The summed E-state index contributed by atoms with van der Waals surface area (Å²) in [7, 11) is 0. The first-order valence-corrected chi connectivity index (χ1v) is 5.86. The summed E-state index contributed by atoms with van der Waals surface area (Å²) in [4.78, 5) is 11.5. The molecule has 4 heteroatoms. The molecule has 0 spiro atoms. The van der Waals surface area contributed by atoms with Gasteiger partial charge in [-0.15, -0.1) is 0 Å². The summed E-state index contributed by atoms with van der Waals surface area (Å²) in [5, 5.41) is 2.74. The number of carbonyl (C=O) groups excluding carboxylic acids is 1. The Bertz CT molecular complexity index is 378. The molecular weight excluding hydrogens is 216 g/mol. The van der Waals surface area contributed by atoms with E-state index < -0.39 is 0 Å². The molecule has 0 aliphatic carbocycles. The summed E-state index contributed by atoms with van der Waals surface area (Å²) in [6, 6.07) is 5.80. The Labute approximate surface area is 102 Å². The quantitative estimate of drug-likeness (QED) is 0.775. The zero-order chi connectivity index (χ0) is 12.7. The van der Waals surface area contributed by atoms with Crippen LogP contribution in [0.3, 0.4) is 0 Å². The largest absolute Gasteiger partial charge is 0.494 e. The molecule has 3 N–H and O–H groups in total. The van der Waals surface area contributed by atoms with E-state index in [0.29, 0.717) is 26.1 Å². The molecule has 0 aromatic heterocycles. The summed E-state index contributed by atoms with van der Waals surface area (Å²) in [5.74, 6) is 0.873. The minimum absolute atomic E-state index is 0.000917. The van der Waals surface area contributed by atoms with Crippen LogP contribution in [0.2, 0.25) is 0 Å². The number of aryl methyl sites for hydroxylation is 1. The van der Waals surface area contributed by atoms with Crippen LogP contribution in [-0.2, 0) is 11.2 Å². The van der Waals surface area contributed by atoms with Crippen LogP contribution in [-0.4, -0.2) is 25.6 Å². The smallest absolute Gasteiger partial charge is 0.224 e. The Morgan fingerprint density at radius 1 is 1.47 bits per heavy atom. The molecule has 1 aromatic rings. The molecule has 1 rings (SSSR count). The molecule has 1 amide bonds. The van der Waals surface area contributed by atoms with Crippen LogP contribution < -0.4 is 15.8 Å². The fourth-order valence-corrected chi connectivity index (χ4v) is 1.60. The molecule has 0 fully saturated rings. The molecule has 0 saturated carbocycles. The predicted octanol–water partition coefficient (Wildman–Crippen LogP) is 1.01. The summed E-state index contributed by atoms with van der Waals surface area (Å²) in [6.45, 7) is 5.57. The minimum atomic E-state index is -0.000917. The van der Waals surface area contributed by atoms with Crippen molar-refractivity contribution < 1.29 is 9.53 Å². The molecule has 0 heterocycles. The molecule has 0 radical (unpaired) electrons. The Morgan fingerprint density at radius 3 is 2.82 bits per heavy atom. The number of benzene rings is 1. The van der Waals surface area contributed by atoms with E-state index in [9.17, 15) is 4.79 Å². The van der Waals surface area contributed by atoms with Crippen molar-refractivity contribution in [1.29, 1.82) is 0 Å². The lowest BCUT2D eigenvalue weighted by Crippen LogP contribution is -2.30. The van der Waals surface area contributed by atoms with Gasteiger partial charge in [-0.3, -0.25) is 4.79 Å². The van der Waals surface area contributed by atoms with Gasteiger partial charge in [0.25, 0.3) is 0 Å². The first-order chi connectivity index (χ1) is 8.17. The molecule has 0 saturated heterocycles. The highest BCUT2D eigenvalue weighted by Crippen LogP contribution is 2.19. The number of ether oxygens (including phenoxy) is 1. The Balaban J connectivity index is 2.60. The number of rotatable bonds is 6. The maximum atomic E-state index is 11.5. The van der Waals surface area contributed by atoms with Crippen LogP contribution in [0.1, 0.15) is 18.1 Å². The highest BCUT2D eigenvalue weighted by atomic mass is 16.5. The van der Waals surface area contributed by atoms with Crippen LogP contribution in [0.25, 0.3) is 0 Å². The molecule has 0 atom stereocenters. The van der Waals surface area contributed by atoms with E-state index in [1.807, 2.05) is 32.0 Å². The number of amides is 1. The third kappa shape index (κ3) is 4.44. The van der Waals surface area contributed by atoms with Gasteiger partial charge in [0.2, 0.25) is 5.91 Å². The summed E-state index contributed by atoms with van der Waals surface area (Å²) >= 11 is 0. The van der Waals surface area contributed by atoms with E-state index in [1.54, 1.807) is 0 Å². The summed E-state index contributed by atoms with van der Waals surface area (Å²) in [6.07, 6.45) is 0.382. The highest BCUT2D eigenvalue weighted by molar-refractivity contribution is 5.78. The van der Waals surface area contributed by atoms with Gasteiger partial charge in [0.1, 0.15) is 5.75 Å². The van der Waals surface area contributed by atoms with E-state index in [4.69, 9.17) is 10.5 Å².